The minimum absolute atomic E-state index is 0.538. The maximum Gasteiger partial charge on any atom is 0.161 e. The standard InChI is InChI=1S/C13H13BrClN3O/c1-3-16-13-9(14)7-17-12(18-13)8-4-5-11(19-2)10(15)6-8/h4-7H,3H2,1-2H3,(H,16,17,18). The molecule has 100 valence electrons. The molecule has 0 atom stereocenters. The summed E-state index contributed by atoms with van der Waals surface area (Å²) in [7, 11) is 1.58. The number of benzene rings is 1. The van der Waals surface area contributed by atoms with Crippen molar-refractivity contribution < 1.29 is 4.74 Å². The summed E-state index contributed by atoms with van der Waals surface area (Å²) in [5, 5.41) is 3.71. The summed E-state index contributed by atoms with van der Waals surface area (Å²) in [5.41, 5.74) is 0.845. The van der Waals surface area contributed by atoms with Crippen molar-refractivity contribution in [1.29, 1.82) is 0 Å². The second kappa shape index (κ2) is 6.21. The first-order valence-corrected chi connectivity index (χ1v) is 6.93. The van der Waals surface area contributed by atoms with Crippen LogP contribution in [-0.4, -0.2) is 23.6 Å². The van der Waals surface area contributed by atoms with Crippen LogP contribution in [0.15, 0.2) is 28.9 Å². The van der Waals surface area contributed by atoms with Gasteiger partial charge in [-0.3, -0.25) is 0 Å². The van der Waals surface area contributed by atoms with Crippen molar-refractivity contribution in [2.24, 2.45) is 0 Å². The molecule has 1 N–H and O–H groups in total. The van der Waals surface area contributed by atoms with Gasteiger partial charge in [0.25, 0.3) is 0 Å². The molecule has 0 unspecified atom stereocenters. The number of aromatic nitrogens is 2. The normalized spacial score (nSPS) is 10.3. The Kier molecular flexibility index (Phi) is 4.61. The van der Waals surface area contributed by atoms with Gasteiger partial charge in [-0.15, -0.1) is 0 Å². The van der Waals surface area contributed by atoms with Gasteiger partial charge in [0, 0.05) is 18.3 Å². The third-order valence-electron chi connectivity index (χ3n) is 2.50. The van der Waals surface area contributed by atoms with Gasteiger partial charge in [-0.2, -0.15) is 0 Å². The Hall–Kier alpha value is -1.33. The quantitative estimate of drug-likeness (QED) is 0.912. The maximum atomic E-state index is 6.11. The Morgan fingerprint density at radius 3 is 2.84 bits per heavy atom. The molecule has 0 amide bonds. The van der Waals surface area contributed by atoms with Gasteiger partial charge in [0.1, 0.15) is 11.6 Å². The van der Waals surface area contributed by atoms with Gasteiger partial charge in [0.15, 0.2) is 5.82 Å². The summed E-state index contributed by atoms with van der Waals surface area (Å²) in [6, 6.07) is 5.47. The van der Waals surface area contributed by atoms with Crippen LogP contribution in [0.1, 0.15) is 6.92 Å². The Labute approximate surface area is 125 Å². The summed E-state index contributed by atoms with van der Waals surface area (Å²) in [4.78, 5) is 8.75. The number of ether oxygens (including phenoxy) is 1. The van der Waals surface area contributed by atoms with Crippen LogP contribution < -0.4 is 10.1 Å². The first kappa shape index (κ1) is 14.1. The smallest absolute Gasteiger partial charge is 0.161 e. The van der Waals surface area contributed by atoms with E-state index in [0.29, 0.717) is 16.6 Å². The zero-order valence-corrected chi connectivity index (χ0v) is 12.9. The zero-order chi connectivity index (χ0) is 13.8. The first-order chi connectivity index (χ1) is 9.15. The highest BCUT2D eigenvalue weighted by atomic mass is 79.9. The van der Waals surface area contributed by atoms with Crippen molar-refractivity contribution in [3.8, 4) is 17.1 Å². The molecule has 1 aromatic heterocycles. The summed E-state index contributed by atoms with van der Waals surface area (Å²) in [6.07, 6.45) is 1.72. The lowest BCUT2D eigenvalue weighted by atomic mass is 10.2. The van der Waals surface area contributed by atoms with E-state index >= 15 is 0 Å². The molecular formula is C13H13BrClN3O. The van der Waals surface area contributed by atoms with E-state index in [1.807, 2.05) is 13.0 Å². The molecular weight excluding hydrogens is 330 g/mol. The van der Waals surface area contributed by atoms with Crippen LogP contribution in [0.3, 0.4) is 0 Å². The number of halogens is 2. The van der Waals surface area contributed by atoms with Gasteiger partial charge < -0.3 is 10.1 Å². The van der Waals surface area contributed by atoms with Crippen molar-refractivity contribution in [3.63, 3.8) is 0 Å². The van der Waals surface area contributed by atoms with E-state index in [1.54, 1.807) is 25.4 Å². The summed E-state index contributed by atoms with van der Waals surface area (Å²) in [5.74, 6) is 2.01. The molecule has 0 aliphatic rings. The fraction of sp³-hybridized carbons (Fsp3) is 0.231. The molecule has 1 aromatic carbocycles. The SMILES string of the molecule is CCNc1nc(-c2ccc(OC)c(Cl)c2)ncc1Br. The largest absolute Gasteiger partial charge is 0.495 e. The summed E-state index contributed by atoms with van der Waals surface area (Å²) >= 11 is 9.51. The van der Waals surface area contributed by atoms with Gasteiger partial charge in [0.05, 0.1) is 16.6 Å². The topological polar surface area (TPSA) is 47.0 Å². The Morgan fingerprint density at radius 2 is 2.21 bits per heavy atom. The van der Waals surface area contributed by atoms with Crippen LogP contribution in [0.25, 0.3) is 11.4 Å². The van der Waals surface area contributed by atoms with E-state index in [1.165, 1.54) is 0 Å². The Morgan fingerprint density at radius 1 is 1.42 bits per heavy atom. The van der Waals surface area contributed by atoms with Crippen LogP contribution in [0.5, 0.6) is 5.75 Å². The van der Waals surface area contributed by atoms with Crippen molar-refractivity contribution in [2.45, 2.75) is 6.92 Å². The average Bonchev–Trinajstić information content (AvgIpc) is 2.41. The van der Waals surface area contributed by atoms with E-state index in [4.69, 9.17) is 16.3 Å². The highest BCUT2D eigenvalue weighted by Crippen LogP contribution is 2.30. The monoisotopic (exact) mass is 341 g/mol. The molecule has 6 heteroatoms. The summed E-state index contributed by atoms with van der Waals surface area (Å²) < 4.78 is 5.96. The lowest BCUT2D eigenvalue weighted by Gasteiger charge is -2.08. The number of hydrogen-bond donors (Lipinski definition) is 1. The van der Waals surface area contributed by atoms with Crippen LogP contribution in [0, 0.1) is 0 Å². The lowest BCUT2D eigenvalue weighted by molar-refractivity contribution is 0.415. The predicted octanol–water partition coefficient (Wildman–Crippen LogP) is 4.00. The van der Waals surface area contributed by atoms with Crippen LogP contribution in [-0.2, 0) is 0 Å². The molecule has 0 saturated carbocycles. The van der Waals surface area contributed by atoms with Gasteiger partial charge in [-0.05, 0) is 41.1 Å². The molecule has 0 fully saturated rings. The van der Waals surface area contributed by atoms with E-state index in [9.17, 15) is 0 Å². The average molecular weight is 343 g/mol. The summed E-state index contributed by atoms with van der Waals surface area (Å²) in [6.45, 7) is 2.80. The van der Waals surface area contributed by atoms with Gasteiger partial charge in [-0.25, -0.2) is 9.97 Å². The molecule has 19 heavy (non-hydrogen) atoms. The molecule has 2 aromatic rings. The fourth-order valence-corrected chi connectivity index (χ4v) is 2.19. The molecule has 0 saturated heterocycles. The van der Waals surface area contributed by atoms with Crippen molar-refractivity contribution in [2.75, 3.05) is 19.0 Å². The van der Waals surface area contributed by atoms with Gasteiger partial charge in [0.2, 0.25) is 0 Å². The molecule has 4 nitrogen and oxygen atoms in total. The number of nitrogens with one attached hydrogen (secondary N) is 1. The molecule has 0 aliphatic carbocycles. The molecule has 0 bridgehead atoms. The maximum absolute atomic E-state index is 6.11. The lowest BCUT2D eigenvalue weighted by Crippen LogP contribution is -2.02. The second-order valence-corrected chi connectivity index (χ2v) is 5.03. The van der Waals surface area contributed by atoms with Crippen molar-refractivity contribution in [1.82, 2.24) is 9.97 Å². The van der Waals surface area contributed by atoms with Crippen LogP contribution in [0.4, 0.5) is 5.82 Å². The Bertz CT molecular complexity index is 592. The predicted molar refractivity (Wildman–Crippen MR) is 80.9 cm³/mol. The first-order valence-electron chi connectivity index (χ1n) is 5.76. The van der Waals surface area contributed by atoms with E-state index in [2.05, 4.69) is 31.2 Å². The number of methoxy groups -OCH3 is 1. The Balaban J connectivity index is 2.41. The second-order valence-electron chi connectivity index (χ2n) is 3.77. The van der Waals surface area contributed by atoms with Gasteiger partial charge in [-0.1, -0.05) is 11.6 Å². The van der Waals surface area contributed by atoms with E-state index in [-0.39, 0.29) is 0 Å². The van der Waals surface area contributed by atoms with Gasteiger partial charge >= 0.3 is 0 Å². The highest BCUT2D eigenvalue weighted by Gasteiger charge is 2.09. The van der Waals surface area contributed by atoms with E-state index in [0.717, 1.165) is 22.4 Å². The molecule has 0 spiro atoms. The minimum atomic E-state index is 0.538. The van der Waals surface area contributed by atoms with E-state index < -0.39 is 0 Å². The third kappa shape index (κ3) is 3.16. The molecule has 0 aliphatic heterocycles. The van der Waals surface area contributed by atoms with Crippen molar-refractivity contribution in [3.05, 3.63) is 33.9 Å². The fourth-order valence-electron chi connectivity index (χ4n) is 1.60. The minimum Gasteiger partial charge on any atom is -0.495 e. The number of rotatable bonds is 4. The van der Waals surface area contributed by atoms with Crippen LogP contribution >= 0.6 is 27.5 Å². The zero-order valence-electron chi connectivity index (χ0n) is 10.6. The number of hydrogen-bond acceptors (Lipinski definition) is 4. The number of nitrogens with zero attached hydrogens (tertiary/aromatic N) is 2. The van der Waals surface area contributed by atoms with Crippen molar-refractivity contribution >= 4 is 33.3 Å². The molecule has 2 rings (SSSR count). The molecule has 1 heterocycles. The molecule has 0 radical (unpaired) electrons. The number of anilines is 1. The highest BCUT2D eigenvalue weighted by molar-refractivity contribution is 9.10. The third-order valence-corrected chi connectivity index (χ3v) is 3.37. The van der Waals surface area contributed by atoms with Crippen LogP contribution in [0.2, 0.25) is 5.02 Å².